The third-order valence-corrected chi connectivity index (χ3v) is 2.11. The van der Waals surface area contributed by atoms with E-state index in [1.165, 1.54) is 11.1 Å². The molecule has 0 heterocycles. The summed E-state index contributed by atoms with van der Waals surface area (Å²) in [6.45, 7) is 3.74. The molecule has 0 amide bonds. The fourth-order valence-electron chi connectivity index (χ4n) is 1.54. The maximum absolute atomic E-state index is 5.22. The summed E-state index contributed by atoms with van der Waals surface area (Å²) in [4.78, 5) is 0. The molecule has 1 nitrogen and oxygen atoms in total. The zero-order valence-electron chi connectivity index (χ0n) is 7.00. The third-order valence-electron chi connectivity index (χ3n) is 2.11. The zero-order valence-corrected chi connectivity index (χ0v) is 7.00. The molecule has 1 aliphatic carbocycles. The van der Waals surface area contributed by atoms with E-state index in [0.29, 0.717) is 0 Å². The SMILES string of the molecule is C=CC1=C(OC)c2ccccc21. The lowest BCUT2D eigenvalue weighted by Crippen LogP contribution is -2.05. The van der Waals surface area contributed by atoms with E-state index in [2.05, 4.69) is 18.7 Å². The molecule has 1 aromatic carbocycles. The van der Waals surface area contributed by atoms with Crippen molar-refractivity contribution in [2.24, 2.45) is 0 Å². The van der Waals surface area contributed by atoms with Crippen LogP contribution in [0.4, 0.5) is 0 Å². The molecular weight excluding hydrogens is 148 g/mol. The monoisotopic (exact) mass is 158 g/mol. The highest BCUT2D eigenvalue weighted by Crippen LogP contribution is 2.40. The Kier molecular flexibility index (Phi) is 1.51. The van der Waals surface area contributed by atoms with Crippen molar-refractivity contribution < 1.29 is 4.74 Å². The minimum atomic E-state index is 0.959. The van der Waals surface area contributed by atoms with E-state index in [1.807, 2.05) is 18.2 Å². The van der Waals surface area contributed by atoms with Gasteiger partial charge in [-0.2, -0.15) is 0 Å². The predicted octanol–water partition coefficient (Wildman–Crippen LogP) is 2.70. The molecule has 12 heavy (non-hydrogen) atoms. The van der Waals surface area contributed by atoms with Gasteiger partial charge >= 0.3 is 0 Å². The average Bonchev–Trinajstić information content (AvgIpc) is 2.08. The normalized spacial score (nSPS) is 13.4. The third kappa shape index (κ3) is 0.735. The van der Waals surface area contributed by atoms with E-state index in [9.17, 15) is 0 Å². The Morgan fingerprint density at radius 1 is 1.25 bits per heavy atom. The zero-order chi connectivity index (χ0) is 8.55. The molecule has 0 aliphatic heterocycles. The summed E-state index contributed by atoms with van der Waals surface area (Å²) in [6.07, 6.45) is 1.83. The van der Waals surface area contributed by atoms with Crippen LogP contribution < -0.4 is 0 Å². The van der Waals surface area contributed by atoms with E-state index in [1.54, 1.807) is 7.11 Å². The fourth-order valence-corrected chi connectivity index (χ4v) is 1.54. The van der Waals surface area contributed by atoms with Gasteiger partial charge in [-0.05, 0) is 5.56 Å². The van der Waals surface area contributed by atoms with Crippen LogP contribution in [0.5, 0.6) is 0 Å². The highest BCUT2D eigenvalue weighted by Gasteiger charge is 2.23. The molecule has 0 aromatic heterocycles. The number of fused-ring (bicyclic) bond motifs is 1. The predicted molar refractivity (Wildman–Crippen MR) is 50.5 cm³/mol. The van der Waals surface area contributed by atoms with Crippen molar-refractivity contribution in [2.45, 2.75) is 0 Å². The van der Waals surface area contributed by atoms with Gasteiger partial charge in [-0.3, -0.25) is 0 Å². The minimum Gasteiger partial charge on any atom is -0.495 e. The van der Waals surface area contributed by atoms with E-state index >= 15 is 0 Å². The Balaban J connectivity index is 2.53. The molecule has 0 unspecified atom stereocenters. The van der Waals surface area contributed by atoms with Crippen molar-refractivity contribution >= 4 is 11.3 Å². The van der Waals surface area contributed by atoms with Crippen LogP contribution in [-0.4, -0.2) is 7.11 Å². The molecule has 0 fully saturated rings. The van der Waals surface area contributed by atoms with Crippen LogP contribution in [0.1, 0.15) is 11.1 Å². The van der Waals surface area contributed by atoms with Gasteiger partial charge in [0.15, 0.2) is 0 Å². The summed E-state index contributed by atoms with van der Waals surface area (Å²) >= 11 is 0. The van der Waals surface area contributed by atoms with Crippen LogP contribution in [0, 0.1) is 0 Å². The van der Waals surface area contributed by atoms with Gasteiger partial charge in [0, 0.05) is 11.1 Å². The summed E-state index contributed by atoms with van der Waals surface area (Å²) in [5.41, 5.74) is 3.55. The van der Waals surface area contributed by atoms with Crippen LogP contribution in [0.25, 0.3) is 11.3 Å². The van der Waals surface area contributed by atoms with Gasteiger partial charge in [0.25, 0.3) is 0 Å². The lowest BCUT2D eigenvalue weighted by atomic mass is 9.86. The number of benzene rings is 1. The second-order valence-electron chi connectivity index (χ2n) is 2.70. The van der Waals surface area contributed by atoms with Crippen molar-refractivity contribution in [3.05, 3.63) is 48.0 Å². The van der Waals surface area contributed by atoms with Crippen molar-refractivity contribution in [3.63, 3.8) is 0 Å². The minimum absolute atomic E-state index is 0.959. The molecule has 0 saturated carbocycles. The summed E-state index contributed by atoms with van der Waals surface area (Å²) in [7, 11) is 1.69. The van der Waals surface area contributed by atoms with Gasteiger partial charge in [0.05, 0.1) is 7.11 Å². The van der Waals surface area contributed by atoms with Crippen molar-refractivity contribution in [1.82, 2.24) is 0 Å². The number of allylic oxidation sites excluding steroid dienone is 2. The topological polar surface area (TPSA) is 9.23 Å². The summed E-state index contributed by atoms with van der Waals surface area (Å²) in [5.74, 6) is 0.959. The standard InChI is InChI=1S/C11H10O/c1-3-8-9-6-4-5-7-10(9)11(8)12-2/h3-7H,1H2,2H3. The van der Waals surface area contributed by atoms with Crippen molar-refractivity contribution in [2.75, 3.05) is 7.11 Å². The van der Waals surface area contributed by atoms with Crippen molar-refractivity contribution in [1.29, 1.82) is 0 Å². The molecule has 1 heteroatoms. The van der Waals surface area contributed by atoms with Crippen LogP contribution in [-0.2, 0) is 4.74 Å². The van der Waals surface area contributed by atoms with Crippen LogP contribution in [0.2, 0.25) is 0 Å². The number of methoxy groups -OCH3 is 1. The lowest BCUT2D eigenvalue weighted by Gasteiger charge is -2.23. The maximum atomic E-state index is 5.22. The van der Waals surface area contributed by atoms with E-state index in [-0.39, 0.29) is 0 Å². The molecular formula is C11H10O. The first-order valence-corrected chi connectivity index (χ1v) is 3.89. The Morgan fingerprint density at radius 2 is 1.92 bits per heavy atom. The number of ether oxygens (including phenoxy) is 1. The average molecular weight is 158 g/mol. The number of hydrogen-bond acceptors (Lipinski definition) is 1. The molecule has 0 saturated heterocycles. The Bertz CT molecular complexity index is 361. The smallest absolute Gasteiger partial charge is 0.134 e. The second-order valence-corrected chi connectivity index (χ2v) is 2.70. The first-order valence-electron chi connectivity index (χ1n) is 3.89. The van der Waals surface area contributed by atoms with E-state index in [4.69, 9.17) is 4.74 Å². The maximum Gasteiger partial charge on any atom is 0.134 e. The molecule has 0 N–H and O–H groups in total. The largest absolute Gasteiger partial charge is 0.495 e. The van der Waals surface area contributed by atoms with Gasteiger partial charge in [0.2, 0.25) is 0 Å². The van der Waals surface area contributed by atoms with Gasteiger partial charge in [-0.25, -0.2) is 0 Å². The molecule has 1 aliphatic rings. The van der Waals surface area contributed by atoms with Crippen LogP contribution >= 0.6 is 0 Å². The van der Waals surface area contributed by atoms with Gasteiger partial charge in [-0.1, -0.05) is 36.9 Å². The van der Waals surface area contributed by atoms with Gasteiger partial charge in [0.1, 0.15) is 5.76 Å². The molecule has 0 spiro atoms. The van der Waals surface area contributed by atoms with E-state index < -0.39 is 0 Å². The number of hydrogen-bond donors (Lipinski definition) is 0. The molecule has 60 valence electrons. The summed E-state index contributed by atoms with van der Waals surface area (Å²) in [5, 5.41) is 0. The Hall–Kier alpha value is -1.50. The van der Waals surface area contributed by atoms with Gasteiger partial charge < -0.3 is 4.74 Å². The molecule has 0 radical (unpaired) electrons. The Labute approximate surface area is 72.0 Å². The summed E-state index contributed by atoms with van der Waals surface area (Å²) in [6, 6.07) is 8.17. The molecule has 2 rings (SSSR count). The first kappa shape index (κ1) is 7.17. The van der Waals surface area contributed by atoms with Crippen LogP contribution in [0.15, 0.2) is 36.9 Å². The van der Waals surface area contributed by atoms with Gasteiger partial charge in [-0.15, -0.1) is 0 Å². The highest BCUT2D eigenvalue weighted by molar-refractivity contribution is 6.04. The first-order chi connectivity index (χ1) is 5.88. The molecule has 0 bridgehead atoms. The van der Waals surface area contributed by atoms with E-state index in [0.717, 1.165) is 11.3 Å². The fraction of sp³-hybridized carbons (Fsp3) is 0.0909. The highest BCUT2D eigenvalue weighted by atomic mass is 16.5. The lowest BCUT2D eigenvalue weighted by molar-refractivity contribution is 0.368. The van der Waals surface area contributed by atoms with Crippen molar-refractivity contribution in [3.8, 4) is 0 Å². The molecule has 0 atom stereocenters. The summed E-state index contributed by atoms with van der Waals surface area (Å²) < 4.78 is 5.22. The van der Waals surface area contributed by atoms with Crippen LogP contribution in [0.3, 0.4) is 0 Å². The Morgan fingerprint density at radius 3 is 2.50 bits per heavy atom. The number of rotatable bonds is 2. The quantitative estimate of drug-likeness (QED) is 0.643. The molecule has 1 aromatic rings. The second kappa shape index (κ2) is 2.52.